The Bertz CT molecular complexity index is 420. The summed E-state index contributed by atoms with van der Waals surface area (Å²) < 4.78 is 5.16. The topological polar surface area (TPSA) is 41.6 Å². The van der Waals surface area contributed by atoms with Crippen LogP contribution in [0.15, 0.2) is 24.3 Å². The number of benzene rings is 1. The summed E-state index contributed by atoms with van der Waals surface area (Å²) in [6, 6.07) is 8.08. The van der Waals surface area contributed by atoms with Crippen molar-refractivity contribution in [2.45, 2.75) is 19.4 Å². The summed E-state index contributed by atoms with van der Waals surface area (Å²) in [5, 5.41) is 3.34. The van der Waals surface area contributed by atoms with E-state index >= 15 is 0 Å². The number of ether oxygens (including phenoxy) is 1. The SMILES string of the molecule is COc1cccc(CC(=O)N2CCNC(C)C2)c1. The van der Waals surface area contributed by atoms with Gasteiger partial charge in [-0.2, -0.15) is 0 Å². The van der Waals surface area contributed by atoms with Crippen molar-refractivity contribution in [2.75, 3.05) is 26.7 Å². The molecule has 1 amide bonds. The summed E-state index contributed by atoms with van der Waals surface area (Å²) in [5.41, 5.74) is 1.01. The fourth-order valence-electron chi connectivity index (χ4n) is 2.23. The van der Waals surface area contributed by atoms with Gasteiger partial charge < -0.3 is 15.0 Å². The first-order valence-electron chi connectivity index (χ1n) is 6.33. The van der Waals surface area contributed by atoms with Crippen LogP contribution < -0.4 is 10.1 Å². The molecule has 1 unspecified atom stereocenters. The third-order valence-corrected chi connectivity index (χ3v) is 3.21. The first-order valence-corrected chi connectivity index (χ1v) is 6.33. The van der Waals surface area contributed by atoms with Crippen molar-refractivity contribution in [3.05, 3.63) is 29.8 Å². The fraction of sp³-hybridized carbons (Fsp3) is 0.500. The van der Waals surface area contributed by atoms with Crippen LogP contribution in [0, 0.1) is 0 Å². The average molecular weight is 248 g/mol. The summed E-state index contributed by atoms with van der Waals surface area (Å²) in [6.45, 7) is 4.58. The predicted octanol–water partition coefficient (Wildman–Crippen LogP) is 1.06. The molecule has 1 saturated heterocycles. The first kappa shape index (κ1) is 12.9. The molecule has 4 heteroatoms. The minimum absolute atomic E-state index is 0.191. The van der Waals surface area contributed by atoms with Crippen molar-refractivity contribution >= 4 is 5.91 Å². The van der Waals surface area contributed by atoms with E-state index in [1.165, 1.54) is 0 Å². The maximum Gasteiger partial charge on any atom is 0.227 e. The molecule has 1 fully saturated rings. The van der Waals surface area contributed by atoms with E-state index in [0.29, 0.717) is 12.5 Å². The number of hydrogen-bond acceptors (Lipinski definition) is 3. The van der Waals surface area contributed by atoms with Gasteiger partial charge in [0.15, 0.2) is 0 Å². The van der Waals surface area contributed by atoms with Gasteiger partial charge in [0.25, 0.3) is 0 Å². The number of hydrogen-bond donors (Lipinski definition) is 1. The second kappa shape index (κ2) is 5.87. The van der Waals surface area contributed by atoms with Gasteiger partial charge in [0.1, 0.15) is 5.75 Å². The lowest BCUT2D eigenvalue weighted by Crippen LogP contribution is -2.51. The molecule has 0 saturated carbocycles. The number of rotatable bonds is 3. The van der Waals surface area contributed by atoms with E-state index in [0.717, 1.165) is 30.9 Å². The van der Waals surface area contributed by atoms with Crippen molar-refractivity contribution < 1.29 is 9.53 Å². The molecule has 1 atom stereocenters. The van der Waals surface area contributed by atoms with Gasteiger partial charge in [-0.05, 0) is 24.6 Å². The van der Waals surface area contributed by atoms with Gasteiger partial charge in [-0.3, -0.25) is 4.79 Å². The van der Waals surface area contributed by atoms with E-state index in [-0.39, 0.29) is 5.91 Å². The molecule has 0 spiro atoms. The van der Waals surface area contributed by atoms with Crippen molar-refractivity contribution in [2.24, 2.45) is 0 Å². The summed E-state index contributed by atoms with van der Waals surface area (Å²) in [7, 11) is 1.64. The quantitative estimate of drug-likeness (QED) is 0.869. The van der Waals surface area contributed by atoms with E-state index in [1.54, 1.807) is 7.11 Å². The highest BCUT2D eigenvalue weighted by molar-refractivity contribution is 5.79. The maximum absolute atomic E-state index is 12.2. The fourth-order valence-corrected chi connectivity index (χ4v) is 2.23. The minimum Gasteiger partial charge on any atom is -0.497 e. The lowest BCUT2D eigenvalue weighted by Gasteiger charge is -2.32. The minimum atomic E-state index is 0.191. The third-order valence-electron chi connectivity index (χ3n) is 3.21. The van der Waals surface area contributed by atoms with Crippen LogP contribution in [0.1, 0.15) is 12.5 Å². The smallest absolute Gasteiger partial charge is 0.227 e. The zero-order chi connectivity index (χ0) is 13.0. The summed E-state index contributed by atoms with van der Waals surface area (Å²) >= 11 is 0. The molecule has 0 radical (unpaired) electrons. The van der Waals surface area contributed by atoms with Gasteiger partial charge in [0.05, 0.1) is 13.5 Å². The number of nitrogens with zero attached hydrogens (tertiary/aromatic N) is 1. The molecular formula is C14H20N2O2. The Labute approximate surface area is 108 Å². The van der Waals surface area contributed by atoms with E-state index < -0.39 is 0 Å². The molecule has 1 aromatic carbocycles. The molecule has 1 aliphatic heterocycles. The van der Waals surface area contributed by atoms with Crippen LogP contribution in [0.3, 0.4) is 0 Å². The molecule has 0 aliphatic carbocycles. The molecule has 0 aromatic heterocycles. The number of carbonyl (C=O) groups excluding carboxylic acids is 1. The molecule has 18 heavy (non-hydrogen) atoms. The molecule has 1 aliphatic rings. The van der Waals surface area contributed by atoms with Crippen molar-refractivity contribution in [3.8, 4) is 5.75 Å². The van der Waals surface area contributed by atoms with Crippen molar-refractivity contribution in [3.63, 3.8) is 0 Å². The lowest BCUT2D eigenvalue weighted by atomic mass is 10.1. The molecule has 2 rings (SSSR count). The molecule has 1 N–H and O–H groups in total. The van der Waals surface area contributed by atoms with Crippen molar-refractivity contribution in [1.29, 1.82) is 0 Å². The molecule has 1 aromatic rings. The zero-order valence-corrected chi connectivity index (χ0v) is 11.0. The van der Waals surface area contributed by atoms with Crippen LogP contribution in [0.2, 0.25) is 0 Å². The van der Waals surface area contributed by atoms with Gasteiger partial charge in [0.2, 0.25) is 5.91 Å². The highest BCUT2D eigenvalue weighted by atomic mass is 16.5. The number of nitrogens with one attached hydrogen (secondary N) is 1. The first-order chi connectivity index (χ1) is 8.69. The summed E-state index contributed by atoms with van der Waals surface area (Å²) in [4.78, 5) is 14.1. The molecule has 1 heterocycles. The second-order valence-corrected chi connectivity index (χ2v) is 4.72. The normalized spacial score (nSPS) is 19.7. The van der Waals surface area contributed by atoms with Crippen LogP contribution >= 0.6 is 0 Å². The Morgan fingerprint density at radius 1 is 1.56 bits per heavy atom. The monoisotopic (exact) mass is 248 g/mol. The molecule has 4 nitrogen and oxygen atoms in total. The standard InChI is InChI=1S/C14H20N2O2/c1-11-10-16(7-6-15-11)14(17)9-12-4-3-5-13(8-12)18-2/h3-5,8,11,15H,6-7,9-10H2,1-2H3. The number of piperazine rings is 1. The Morgan fingerprint density at radius 2 is 2.39 bits per heavy atom. The van der Waals surface area contributed by atoms with Crippen LogP contribution in [0.25, 0.3) is 0 Å². The Kier molecular flexibility index (Phi) is 4.20. The second-order valence-electron chi connectivity index (χ2n) is 4.72. The van der Waals surface area contributed by atoms with Gasteiger partial charge in [-0.15, -0.1) is 0 Å². The van der Waals surface area contributed by atoms with E-state index in [9.17, 15) is 4.79 Å². The Hall–Kier alpha value is -1.55. The average Bonchev–Trinajstić information content (AvgIpc) is 2.39. The van der Waals surface area contributed by atoms with Crippen LogP contribution in [-0.4, -0.2) is 43.6 Å². The van der Waals surface area contributed by atoms with Crippen LogP contribution in [0.5, 0.6) is 5.75 Å². The van der Waals surface area contributed by atoms with Gasteiger partial charge >= 0.3 is 0 Å². The van der Waals surface area contributed by atoms with Gasteiger partial charge in [-0.25, -0.2) is 0 Å². The molecule has 0 bridgehead atoms. The molecule has 98 valence electrons. The maximum atomic E-state index is 12.2. The number of carbonyl (C=O) groups is 1. The largest absolute Gasteiger partial charge is 0.497 e. The Morgan fingerprint density at radius 3 is 3.11 bits per heavy atom. The summed E-state index contributed by atoms with van der Waals surface area (Å²) in [6.07, 6.45) is 0.448. The van der Waals surface area contributed by atoms with E-state index in [4.69, 9.17) is 4.74 Å². The van der Waals surface area contributed by atoms with Crippen LogP contribution in [-0.2, 0) is 11.2 Å². The number of amides is 1. The van der Waals surface area contributed by atoms with E-state index in [2.05, 4.69) is 12.2 Å². The van der Waals surface area contributed by atoms with E-state index in [1.807, 2.05) is 29.2 Å². The zero-order valence-electron chi connectivity index (χ0n) is 11.0. The Balaban J connectivity index is 1.97. The van der Waals surface area contributed by atoms with Crippen LogP contribution in [0.4, 0.5) is 0 Å². The number of methoxy groups -OCH3 is 1. The predicted molar refractivity (Wildman–Crippen MR) is 70.7 cm³/mol. The molecular weight excluding hydrogens is 228 g/mol. The third kappa shape index (κ3) is 3.23. The highest BCUT2D eigenvalue weighted by Gasteiger charge is 2.20. The lowest BCUT2D eigenvalue weighted by molar-refractivity contribution is -0.131. The summed E-state index contributed by atoms with van der Waals surface area (Å²) in [5.74, 6) is 0.991. The van der Waals surface area contributed by atoms with Gasteiger partial charge in [-0.1, -0.05) is 12.1 Å². The van der Waals surface area contributed by atoms with Gasteiger partial charge in [0, 0.05) is 25.7 Å². The van der Waals surface area contributed by atoms with Crippen molar-refractivity contribution in [1.82, 2.24) is 10.2 Å². The highest BCUT2D eigenvalue weighted by Crippen LogP contribution is 2.14.